The van der Waals surface area contributed by atoms with Crippen molar-refractivity contribution in [2.75, 3.05) is 0 Å². The summed E-state index contributed by atoms with van der Waals surface area (Å²) >= 11 is 0. The van der Waals surface area contributed by atoms with E-state index in [2.05, 4.69) is 0 Å². The molecule has 82 valence electrons. The van der Waals surface area contributed by atoms with Gasteiger partial charge in [0.2, 0.25) is 0 Å². The molecule has 1 aromatic heterocycles. The molecule has 3 rings (SSSR count). The monoisotopic (exact) mass is 216 g/mol. The Kier molecular flexibility index (Phi) is 1.70. The molecule has 1 aromatic carbocycles. The SMILES string of the molecule is CC1(C)Cc2c(ccc3ccc(=O)oc23)O1. The Morgan fingerprint density at radius 2 is 1.94 bits per heavy atom. The summed E-state index contributed by atoms with van der Waals surface area (Å²) in [7, 11) is 0. The highest BCUT2D eigenvalue weighted by molar-refractivity contribution is 5.82. The van der Waals surface area contributed by atoms with Crippen molar-refractivity contribution in [3.8, 4) is 5.75 Å². The summed E-state index contributed by atoms with van der Waals surface area (Å²) in [4.78, 5) is 11.2. The molecule has 0 unspecified atom stereocenters. The van der Waals surface area contributed by atoms with E-state index in [0.29, 0.717) is 5.58 Å². The zero-order valence-corrected chi connectivity index (χ0v) is 9.24. The Morgan fingerprint density at radius 1 is 1.19 bits per heavy atom. The van der Waals surface area contributed by atoms with Gasteiger partial charge in [0, 0.05) is 23.4 Å². The second kappa shape index (κ2) is 2.88. The minimum absolute atomic E-state index is 0.217. The van der Waals surface area contributed by atoms with Crippen LogP contribution in [0.2, 0.25) is 0 Å². The normalized spacial score (nSPS) is 17.1. The zero-order chi connectivity index (χ0) is 11.3. The maximum Gasteiger partial charge on any atom is 0.336 e. The Hall–Kier alpha value is -1.77. The first-order valence-corrected chi connectivity index (χ1v) is 5.30. The maximum atomic E-state index is 11.2. The van der Waals surface area contributed by atoms with Crippen LogP contribution in [0.4, 0.5) is 0 Å². The van der Waals surface area contributed by atoms with Gasteiger partial charge in [-0.25, -0.2) is 4.79 Å². The van der Waals surface area contributed by atoms with Gasteiger partial charge in [-0.05, 0) is 32.0 Å². The third-order valence-corrected chi connectivity index (χ3v) is 2.84. The quantitative estimate of drug-likeness (QED) is 0.635. The van der Waals surface area contributed by atoms with Gasteiger partial charge in [0.15, 0.2) is 0 Å². The number of fused-ring (bicyclic) bond motifs is 3. The first kappa shape index (κ1) is 9.46. The summed E-state index contributed by atoms with van der Waals surface area (Å²) in [5.41, 5.74) is 1.13. The number of benzene rings is 1. The molecule has 1 aliphatic heterocycles. The summed E-state index contributed by atoms with van der Waals surface area (Å²) in [5.74, 6) is 0.826. The van der Waals surface area contributed by atoms with Crippen LogP contribution in [0.3, 0.4) is 0 Å². The molecule has 0 aliphatic carbocycles. The Labute approximate surface area is 92.6 Å². The molecule has 0 saturated heterocycles. The average molecular weight is 216 g/mol. The number of hydrogen-bond donors (Lipinski definition) is 0. The van der Waals surface area contributed by atoms with Crippen LogP contribution in [0.25, 0.3) is 11.0 Å². The lowest BCUT2D eigenvalue weighted by Gasteiger charge is -2.16. The van der Waals surface area contributed by atoms with Crippen LogP contribution in [0.5, 0.6) is 5.75 Å². The molecule has 3 nitrogen and oxygen atoms in total. The fraction of sp³-hybridized carbons (Fsp3) is 0.308. The Bertz CT molecular complexity index is 623. The van der Waals surface area contributed by atoms with Crippen molar-refractivity contribution in [1.29, 1.82) is 0 Å². The van der Waals surface area contributed by atoms with Gasteiger partial charge in [0.1, 0.15) is 16.9 Å². The van der Waals surface area contributed by atoms with Crippen LogP contribution in [-0.4, -0.2) is 5.60 Å². The molecular weight excluding hydrogens is 204 g/mol. The zero-order valence-electron chi connectivity index (χ0n) is 9.24. The molecule has 0 atom stereocenters. The van der Waals surface area contributed by atoms with E-state index >= 15 is 0 Å². The van der Waals surface area contributed by atoms with Crippen LogP contribution < -0.4 is 10.4 Å². The number of ether oxygens (including phenoxy) is 1. The second-order valence-corrected chi connectivity index (χ2v) is 4.75. The summed E-state index contributed by atoms with van der Waals surface area (Å²) in [6.45, 7) is 4.06. The molecule has 2 heterocycles. The summed E-state index contributed by atoms with van der Waals surface area (Å²) in [5, 5.41) is 0.944. The third kappa shape index (κ3) is 1.32. The molecule has 16 heavy (non-hydrogen) atoms. The minimum atomic E-state index is -0.314. The van der Waals surface area contributed by atoms with Crippen molar-refractivity contribution < 1.29 is 9.15 Å². The minimum Gasteiger partial charge on any atom is -0.487 e. The molecule has 0 bridgehead atoms. The van der Waals surface area contributed by atoms with Gasteiger partial charge in [-0.3, -0.25) is 0 Å². The lowest BCUT2D eigenvalue weighted by molar-refractivity contribution is 0.138. The van der Waals surface area contributed by atoms with Crippen molar-refractivity contribution in [3.05, 3.63) is 40.2 Å². The van der Waals surface area contributed by atoms with Crippen molar-refractivity contribution >= 4 is 11.0 Å². The summed E-state index contributed by atoms with van der Waals surface area (Å²) in [6, 6.07) is 7.08. The first-order chi connectivity index (χ1) is 7.55. The standard InChI is InChI=1S/C13H12O3/c1-13(2)7-9-10(16-13)5-3-8-4-6-11(14)15-12(8)9/h3-6H,7H2,1-2H3. The number of rotatable bonds is 0. The molecule has 1 aliphatic rings. The molecule has 0 saturated carbocycles. The van der Waals surface area contributed by atoms with Crippen molar-refractivity contribution in [2.45, 2.75) is 25.9 Å². The molecule has 0 spiro atoms. The highest BCUT2D eigenvalue weighted by Crippen LogP contribution is 2.38. The molecule has 0 N–H and O–H groups in total. The molecule has 3 heteroatoms. The van der Waals surface area contributed by atoms with Gasteiger partial charge in [-0.1, -0.05) is 0 Å². The van der Waals surface area contributed by atoms with E-state index in [1.165, 1.54) is 6.07 Å². The van der Waals surface area contributed by atoms with E-state index in [-0.39, 0.29) is 11.2 Å². The van der Waals surface area contributed by atoms with E-state index in [0.717, 1.165) is 23.1 Å². The first-order valence-electron chi connectivity index (χ1n) is 5.30. The molecule has 0 radical (unpaired) electrons. The second-order valence-electron chi connectivity index (χ2n) is 4.75. The third-order valence-electron chi connectivity index (χ3n) is 2.84. The van der Waals surface area contributed by atoms with Gasteiger partial charge in [-0.2, -0.15) is 0 Å². The van der Waals surface area contributed by atoms with Crippen molar-refractivity contribution in [2.24, 2.45) is 0 Å². The van der Waals surface area contributed by atoms with Gasteiger partial charge in [0.05, 0.1) is 0 Å². The number of hydrogen-bond acceptors (Lipinski definition) is 3. The highest BCUT2D eigenvalue weighted by Gasteiger charge is 2.32. The maximum absolute atomic E-state index is 11.2. The Morgan fingerprint density at radius 3 is 2.75 bits per heavy atom. The van der Waals surface area contributed by atoms with E-state index in [1.54, 1.807) is 6.07 Å². The molecular formula is C13H12O3. The van der Waals surface area contributed by atoms with E-state index in [4.69, 9.17) is 9.15 Å². The highest BCUT2D eigenvalue weighted by atomic mass is 16.5. The van der Waals surface area contributed by atoms with Crippen LogP contribution >= 0.6 is 0 Å². The smallest absolute Gasteiger partial charge is 0.336 e. The van der Waals surface area contributed by atoms with Crippen LogP contribution in [-0.2, 0) is 6.42 Å². The van der Waals surface area contributed by atoms with E-state index < -0.39 is 0 Å². The average Bonchev–Trinajstić information content (AvgIpc) is 2.52. The van der Waals surface area contributed by atoms with Crippen LogP contribution in [0.15, 0.2) is 33.5 Å². The summed E-state index contributed by atoms with van der Waals surface area (Å²) in [6.07, 6.45) is 0.770. The fourth-order valence-corrected chi connectivity index (χ4v) is 2.19. The largest absolute Gasteiger partial charge is 0.487 e. The fourth-order valence-electron chi connectivity index (χ4n) is 2.19. The predicted octanol–water partition coefficient (Wildman–Crippen LogP) is 2.51. The van der Waals surface area contributed by atoms with Gasteiger partial charge in [0.25, 0.3) is 0 Å². The van der Waals surface area contributed by atoms with Crippen LogP contribution in [0.1, 0.15) is 19.4 Å². The Balaban J connectivity index is 2.34. The molecule has 2 aromatic rings. The van der Waals surface area contributed by atoms with Crippen molar-refractivity contribution in [3.63, 3.8) is 0 Å². The van der Waals surface area contributed by atoms with E-state index in [1.807, 2.05) is 26.0 Å². The lowest BCUT2D eigenvalue weighted by Crippen LogP contribution is -2.24. The van der Waals surface area contributed by atoms with Gasteiger partial charge < -0.3 is 9.15 Å². The van der Waals surface area contributed by atoms with E-state index in [9.17, 15) is 4.79 Å². The van der Waals surface area contributed by atoms with Crippen molar-refractivity contribution in [1.82, 2.24) is 0 Å². The molecule has 0 amide bonds. The predicted molar refractivity (Wildman–Crippen MR) is 60.9 cm³/mol. The van der Waals surface area contributed by atoms with Gasteiger partial charge in [-0.15, -0.1) is 0 Å². The van der Waals surface area contributed by atoms with Gasteiger partial charge >= 0.3 is 5.63 Å². The van der Waals surface area contributed by atoms with Crippen LogP contribution in [0, 0.1) is 0 Å². The summed E-state index contributed by atoms with van der Waals surface area (Å²) < 4.78 is 11.0. The topological polar surface area (TPSA) is 39.4 Å². The molecule has 0 fully saturated rings. The lowest BCUT2D eigenvalue weighted by atomic mass is 10.00.